The number of likely N-dealkylation sites (tertiary alicyclic amines) is 2. The van der Waals surface area contributed by atoms with Gasteiger partial charge in [0.05, 0.1) is 17.3 Å². The highest BCUT2D eigenvalue weighted by Gasteiger charge is 2.45. The van der Waals surface area contributed by atoms with Crippen molar-refractivity contribution in [1.29, 1.82) is 0 Å². The molecule has 2 fully saturated rings. The number of hydrogen-bond acceptors (Lipinski definition) is 5. The van der Waals surface area contributed by atoms with Crippen LogP contribution in [0.2, 0.25) is 0 Å². The minimum atomic E-state index is -0.250. The van der Waals surface area contributed by atoms with Crippen molar-refractivity contribution in [3.8, 4) is 0 Å². The van der Waals surface area contributed by atoms with Gasteiger partial charge in [0.2, 0.25) is 5.91 Å². The maximum absolute atomic E-state index is 13.0. The lowest BCUT2D eigenvalue weighted by molar-refractivity contribution is -0.128. The number of rotatable bonds is 3. The second-order valence-corrected chi connectivity index (χ2v) is 8.27. The molecule has 2 amide bonds. The topological polar surface area (TPSA) is 108 Å². The van der Waals surface area contributed by atoms with Crippen molar-refractivity contribution >= 4 is 23.8 Å². The Hall–Kier alpha value is -3.75. The molecule has 9 heteroatoms. The average molecular weight is 435 g/mol. The first-order valence-electron chi connectivity index (χ1n) is 10.5. The van der Waals surface area contributed by atoms with Crippen molar-refractivity contribution < 1.29 is 19.5 Å². The molecular formula is C23H25N5O4. The molecule has 2 saturated heterocycles. The third-order valence-corrected chi connectivity index (χ3v) is 6.30. The van der Waals surface area contributed by atoms with Crippen LogP contribution in [0.4, 0.5) is 0 Å². The Morgan fingerprint density at radius 3 is 2.59 bits per heavy atom. The van der Waals surface area contributed by atoms with Crippen LogP contribution < -0.4 is 0 Å². The maximum Gasteiger partial charge on any atom is 0.290 e. The summed E-state index contributed by atoms with van der Waals surface area (Å²) in [6.07, 6.45) is 9.31. The molecule has 32 heavy (non-hydrogen) atoms. The number of carbonyl (C=O) groups is 3. The Labute approximate surface area is 185 Å². The van der Waals surface area contributed by atoms with Crippen LogP contribution in [0.1, 0.15) is 35.2 Å². The monoisotopic (exact) mass is 435 g/mol. The Kier molecular flexibility index (Phi) is 6.16. The smallest absolute Gasteiger partial charge is 0.290 e. The van der Waals surface area contributed by atoms with E-state index in [1.54, 1.807) is 23.1 Å². The number of pyridine rings is 2. The number of piperidine rings is 1. The van der Waals surface area contributed by atoms with Crippen molar-refractivity contribution in [2.45, 2.75) is 25.8 Å². The van der Waals surface area contributed by atoms with Crippen molar-refractivity contribution in [1.82, 2.24) is 24.4 Å². The lowest BCUT2D eigenvalue weighted by Crippen LogP contribution is -2.44. The third kappa shape index (κ3) is 4.32. The molecule has 0 unspecified atom stereocenters. The Morgan fingerprint density at radius 2 is 1.88 bits per heavy atom. The lowest BCUT2D eigenvalue weighted by Gasteiger charge is -2.38. The molecule has 3 aromatic heterocycles. The summed E-state index contributed by atoms with van der Waals surface area (Å²) in [6, 6.07) is 9.64. The van der Waals surface area contributed by atoms with Gasteiger partial charge in [-0.15, -0.1) is 0 Å². The number of carbonyl (C=O) groups excluding carboxylic acids is 2. The number of fused-ring (bicyclic) bond motifs is 1. The van der Waals surface area contributed by atoms with Crippen LogP contribution >= 0.6 is 0 Å². The number of aromatic nitrogens is 3. The zero-order valence-electron chi connectivity index (χ0n) is 17.6. The first kappa shape index (κ1) is 21.5. The number of hydrogen-bond donors (Lipinski definition) is 1. The van der Waals surface area contributed by atoms with Gasteiger partial charge in [0.1, 0.15) is 0 Å². The Morgan fingerprint density at radius 1 is 1.16 bits per heavy atom. The summed E-state index contributed by atoms with van der Waals surface area (Å²) in [4.78, 5) is 41.9. The van der Waals surface area contributed by atoms with Crippen molar-refractivity contribution in [2.24, 2.45) is 5.41 Å². The normalized spacial score (nSPS) is 17.3. The summed E-state index contributed by atoms with van der Waals surface area (Å²) in [6.45, 7) is 2.51. The van der Waals surface area contributed by atoms with Crippen LogP contribution in [-0.4, -0.2) is 67.4 Å². The highest BCUT2D eigenvalue weighted by molar-refractivity contribution is 6.00. The van der Waals surface area contributed by atoms with Gasteiger partial charge in [-0.1, -0.05) is 6.07 Å². The van der Waals surface area contributed by atoms with E-state index in [1.807, 2.05) is 46.3 Å². The van der Waals surface area contributed by atoms with Gasteiger partial charge >= 0.3 is 0 Å². The fraction of sp³-hybridized carbons (Fsp3) is 0.348. The fourth-order valence-electron chi connectivity index (χ4n) is 4.62. The molecule has 0 aromatic carbocycles. The zero-order chi connectivity index (χ0) is 22.6. The third-order valence-electron chi connectivity index (χ3n) is 6.30. The van der Waals surface area contributed by atoms with Crippen LogP contribution in [-0.2, 0) is 16.1 Å². The van der Waals surface area contributed by atoms with E-state index in [-0.39, 0.29) is 23.7 Å². The quantitative estimate of drug-likeness (QED) is 0.631. The van der Waals surface area contributed by atoms with Crippen molar-refractivity contribution in [3.63, 3.8) is 0 Å². The molecule has 0 atom stereocenters. The second kappa shape index (κ2) is 9.17. The van der Waals surface area contributed by atoms with Crippen LogP contribution in [0.5, 0.6) is 0 Å². The molecule has 0 saturated carbocycles. The molecule has 3 aromatic rings. The van der Waals surface area contributed by atoms with Gasteiger partial charge in [-0.2, -0.15) is 5.10 Å². The van der Waals surface area contributed by atoms with E-state index in [0.29, 0.717) is 31.6 Å². The number of nitrogens with zero attached hydrogens (tertiary/aromatic N) is 5. The highest BCUT2D eigenvalue weighted by atomic mass is 16.3. The van der Waals surface area contributed by atoms with E-state index >= 15 is 0 Å². The summed E-state index contributed by atoms with van der Waals surface area (Å²) in [5, 5.41) is 11.2. The first-order chi connectivity index (χ1) is 15.5. The average Bonchev–Trinajstić information content (AvgIpc) is 3.36. The molecule has 2 aliphatic heterocycles. The van der Waals surface area contributed by atoms with E-state index in [9.17, 15) is 9.59 Å². The first-order valence-corrected chi connectivity index (χ1v) is 10.5. The molecule has 0 aliphatic carbocycles. The predicted molar refractivity (Wildman–Crippen MR) is 116 cm³/mol. The van der Waals surface area contributed by atoms with Crippen LogP contribution in [0.25, 0.3) is 5.52 Å². The largest absolute Gasteiger partial charge is 0.483 e. The molecular weight excluding hydrogens is 410 g/mol. The molecule has 9 nitrogen and oxygen atoms in total. The Balaban J connectivity index is 0.000000775. The SMILES string of the molecule is O=C1CC2(CCN(C(=O)c3cnn4ccccc34)CC2)CN1Cc1ccncc1.O=CO. The molecule has 2 aliphatic rings. The molecule has 0 radical (unpaired) electrons. The second-order valence-electron chi connectivity index (χ2n) is 8.27. The van der Waals surface area contributed by atoms with Gasteiger partial charge < -0.3 is 14.9 Å². The summed E-state index contributed by atoms with van der Waals surface area (Å²) in [5.74, 6) is 0.239. The van der Waals surface area contributed by atoms with E-state index in [2.05, 4.69) is 10.1 Å². The maximum atomic E-state index is 13.0. The van der Waals surface area contributed by atoms with Crippen LogP contribution in [0.3, 0.4) is 0 Å². The summed E-state index contributed by atoms with van der Waals surface area (Å²) in [5.41, 5.74) is 2.56. The van der Waals surface area contributed by atoms with Gasteiger partial charge in [0, 0.05) is 56.6 Å². The Bertz CT molecular complexity index is 1110. The van der Waals surface area contributed by atoms with Crippen molar-refractivity contribution in [2.75, 3.05) is 19.6 Å². The number of amides is 2. The van der Waals surface area contributed by atoms with Gasteiger partial charge in [-0.05, 0) is 42.7 Å². The van der Waals surface area contributed by atoms with Crippen LogP contribution in [0.15, 0.2) is 55.1 Å². The number of carboxylic acid groups (broad SMARTS) is 1. The minimum Gasteiger partial charge on any atom is -0.483 e. The molecule has 5 rings (SSSR count). The molecule has 5 heterocycles. The predicted octanol–water partition coefficient (Wildman–Crippen LogP) is 2.08. The molecule has 1 spiro atoms. The van der Waals surface area contributed by atoms with E-state index in [0.717, 1.165) is 30.5 Å². The lowest BCUT2D eigenvalue weighted by atomic mass is 9.77. The summed E-state index contributed by atoms with van der Waals surface area (Å²) >= 11 is 0. The van der Waals surface area contributed by atoms with Gasteiger partial charge in [0.25, 0.3) is 12.4 Å². The summed E-state index contributed by atoms with van der Waals surface area (Å²) in [7, 11) is 0. The molecule has 0 bridgehead atoms. The fourth-order valence-corrected chi connectivity index (χ4v) is 4.62. The van der Waals surface area contributed by atoms with Crippen LogP contribution in [0, 0.1) is 5.41 Å². The summed E-state index contributed by atoms with van der Waals surface area (Å²) < 4.78 is 1.73. The van der Waals surface area contributed by atoms with Crippen molar-refractivity contribution in [3.05, 3.63) is 66.2 Å². The van der Waals surface area contributed by atoms with E-state index in [4.69, 9.17) is 9.90 Å². The van der Waals surface area contributed by atoms with Gasteiger partial charge in [0.15, 0.2) is 0 Å². The standard InChI is InChI=1S/C22H23N5O2.CH2O2/c28-20-13-22(16-26(20)15-17-4-8-23-9-5-17)6-11-25(12-7-22)21(29)18-14-24-27-10-2-1-3-19(18)27;2-1-3/h1-5,8-10,14H,6-7,11-13,15-16H2;1H,(H,2,3). The van der Waals surface area contributed by atoms with Gasteiger partial charge in [-0.3, -0.25) is 19.4 Å². The molecule has 1 N–H and O–H groups in total. The minimum absolute atomic E-state index is 0.0119. The van der Waals surface area contributed by atoms with Gasteiger partial charge in [-0.25, -0.2) is 4.52 Å². The highest BCUT2D eigenvalue weighted by Crippen LogP contribution is 2.41. The van der Waals surface area contributed by atoms with E-state index < -0.39 is 0 Å². The van der Waals surface area contributed by atoms with E-state index in [1.165, 1.54) is 0 Å². The molecule has 166 valence electrons. The zero-order valence-corrected chi connectivity index (χ0v) is 17.6.